The number of hydrogen-bond acceptors (Lipinski definition) is 4. The highest BCUT2D eigenvalue weighted by Crippen LogP contribution is 2.15. The zero-order valence-electron chi connectivity index (χ0n) is 15.9. The summed E-state index contributed by atoms with van der Waals surface area (Å²) in [5.74, 6) is 0.721. The molecule has 1 aromatic heterocycles. The van der Waals surface area contributed by atoms with E-state index in [0.29, 0.717) is 6.54 Å². The molecule has 0 aliphatic rings. The third-order valence-electron chi connectivity index (χ3n) is 3.86. The summed E-state index contributed by atoms with van der Waals surface area (Å²) in [5, 5.41) is 18.7. The van der Waals surface area contributed by atoms with Gasteiger partial charge < -0.3 is 20.5 Å². The summed E-state index contributed by atoms with van der Waals surface area (Å²) in [4.78, 5) is 5.79. The molecule has 2 atom stereocenters. The van der Waals surface area contributed by atoms with Crippen LogP contribution in [0.5, 0.6) is 0 Å². The predicted octanol–water partition coefficient (Wildman–Crippen LogP) is 3.60. The Labute approximate surface area is 183 Å². The van der Waals surface area contributed by atoms with E-state index in [2.05, 4.69) is 33.1 Å². The van der Waals surface area contributed by atoms with Crippen molar-refractivity contribution in [2.24, 2.45) is 4.99 Å². The Balaban J connectivity index is 0.00000364. The largest absolute Gasteiger partial charge is 0.389 e. The Morgan fingerprint density at radius 2 is 1.96 bits per heavy atom. The SMILES string of the molecule is CCNC(=NCC(O)COC(C)c1ccccc1)NCCc1cccs1.I. The van der Waals surface area contributed by atoms with E-state index in [9.17, 15) is 5.11 Å². The third-order valence-corrected chi connectivity index (χ3v) is 4.79. The Morgan fingerprint density at radius 1 is 1.19 bits per heavy atom. The van der Waals surface area contributed by atoms with Crippen LogP contribution in [0.2, 0.25) is 0 Å². The molecule has 0 saturated heterocycles. The quantitative estimate of drug-likeness (QED) is 0.264. The number of nitrogens with one attached hydrogen (secondary N) is 2. The molecule has 0 spiro atoms. The molecule has 2 aromatic rings. The summed E-state index contributed by atoms with van der Waals surface area (Å²) >= 11 is 1.76. The van der Waals surface area contributed by atoms with Gasteiger partial charge in [-0.25, -0.2) is 0 Å². The molecule has 5 nitrogen and oxygen atoms in total. The van der Waals surface area contributed by atoms with Gasteiger partial charge >= 0.3 is 0 Å². The minimum Gasteiger partial charge on any atom is -0.389 e. The number of halogens is 1. The highest BCUT2D eigenvalue weighted by Gasteiger charge is 2.10. The fraction of sp³-hybridized carbons (Fsp3) is 0.450. The van der Waals surface area contributed by atoms with Crippen molar-refractivity contribution in [1.82, 2.24) is 10.6 Å². The second-order valence-electron chi connectivity index (χ2n) is 6.02. The third kappa shape index (κ3) is 9.55. The van der Waals surface area contributed by atoms with Gasteiger partial charge in [0.1, 0.15) is 0 Å². The van der Waals surface area contributed by atoms with Crippen LogP contribution in [0.25, 0.3) is 0 Å². The number of benzene rings is 1. The molecule has 2 unspecified atom stereocenters. The van der Waals surface area contributed by atoms with Gasteiger partial charge in [0.05, 0.1) is 25.4 Å². The van der Waals surface area contributed by atoms with E-state index >= 15 is 0 Å². The van der Waals surface area contributed by atoms with Gasteiger partial charge in [-0.2, -0.15) is 0 Å². The number of aliphatic hydroxyl groups excluding tert-OH is 1. The molecule has 0 amide bonds. The molecule has 0 saturated carbocycles. The molecular formula is C20H30IN3O2S. The van der Waals surface area contributed by atoms with E-state index in [1.54, 1.807) is 11.3 Å². The van der Waals surface area contributed by atoms with Crippen LogP contribution in [0.1, 0.15) is 30.4 Å². The van der Waals surface area contributed by atoms with Crippen molar-refractivity contribution in [2.45, 2.75) is 32.5 Å². The monoisotopic (exact) mass is 503 g/mol. The molecule has 0 bridgehead atoms. The van der Waals surface area contributed by atoms with E-state index < -0.39 is 6.10 Å². The van der Waals surface area contributed by atoms with E-state index in [1.165, 1.54) is 4.88 Å². The van der Waals surface area contributed by atoms with Crippen molar-refractivity contribution in [3.63, 3.8) is 0 Å². The average molecular weight is 503 g/mol. The first-order valence-electron chi connectivity index (χ1n) is 9.08. The van der Waals surface area contributed by atoms with Crippen LogP contribution in [0.15, 0.2) is 52.8 Å². The van der Waals surface area contributed by atoms with Crippen LogP contribution in [0, 0.1) is 0 Å². The number of nitrogens with zero attached hydrogens (tertiary/aromatic N) is 1. The Kier molecular flexibility index (Phi) is 12.3. The van der Waals surface area contributed by atoms with Gasteiger partial charge in [0, 0.05) is 18.0 Å². The molecule has 1 aromatic carbocycles. The smallest absolute Gasteiger partial charge is 0.191 e. The van der Waals surface area contributed by atoms with Crippen molar-refractivity contribution >= 4 is 41.3 Å². The fourth-order valence-corrected chi connectivity index (χ4v) is 3.13. The second-order valence-corrected chi connectivity index (χ2v) is 7.05. The Hall–Kier alpha value is -1.16. The first-order valence-corrected chi connectivity index (χ1v) is 9.96. The molecule has 2 rings (SSSR count). The minimum absolute atomic E-state index is 0. The molecule has 150 valence electrons. The maximum absolute atomic E-state index is 10.2. The van der Waals surface area contributed by atoms with Gasteiger partial charge in [-0.15, -0.1) is 35.3 Å². The molecule has 0 radical (unpaired) electrons. The summed E-state index contributed by atoms with van der Waals surface area (Å²) in [5.41, 5.74) is 1.10. The highest BCUT2D eigenvalue weighted by molar-refractivity contribution is 14.0. The second kappa shape index (κ2) is 13.9. The van der Waals surface area contributed by atoms with E-state index in [1.807, 2.05) is 44.2 Å². The standard InChI is InChI=1S/C20H29N3O2S.HI/c1-3-21-20(22-12-11-19-10-7-13-26-19)23-14-18(24)15-25-16(2)17-8-5-4-6-9-17;/h4-10,13,16,18,24H,3,11-12,14-15H2,1-2H3,(H2,21,22,23);1H. The maximum atomic E-state index is 10.2. The van der Waals surface area contributed by atoms with Gasteiger partial charge in [0.15, 0.2) is 5.96 Å². The number of hydrogen-bond donors (Lipinski definition) is 3. The topological polar surface area (TPSA) is 65.9 Å². The van der Waals surface area contributed by atoms with Gasteiger partial charge in [0.25, 0.3) is 0 Å². The zero-order chi connectivity index (χ0) is 18.6. The minimum atomic E-state index is -0.631. The Morgan fingerprint density at radius 3 is 2.63 bits per heavy atom. The fourth-order valence-electron chi connectivity index (χ4n) is 2.43. The number of rotatable bonds is 10. The number of thiophene rings is 1. The van der Waals surface area contributed by atoms with Gasteiger partial charge in [0.2, 0.25) is 0 Å². The van der Waals surface area contributed by atoms with E-state index in [4.69, 9.17) is 4.74 Å². The van der Waals surface area contributed by atoms with Crippen LogP contribution in [0.4, 0.5) is 0 Å². The number of aliphatic hydroxyl groups is 1. The number of guanidine groups is 1. The van der Waals surface area contributed by atoms with E-state index in [-0.39, 0.29) is 36.7 Å². The van der Waals surface area contributed by atoms with Crippen LogP contribution >= 0.6 is 35.3 Å². The summed E-state index contributed by atoms with van der Waals surface area (Å²) in [6, 6.07) is 14.2. The molecule has 0 fully saturated rings. The maximum Gasteiger partial charge on any atom is 0.191 e. The molecule has 3 N–H and O–H groups in total. The summed E-state index contributed by atoms with van der Waals surface area (Å²) in [6.07, 6.45) is 0.281. The van der Waals surface area contributed by atoms with Crippen LogP contribution in [0.3, 0.4) is 0 Å². The van der Waals surface area contributed by atoms with Crippen molar-refractivity contribution in [2.75, 3.05) is 26.2 Å². The predicted molar refractivity (Wildman–Crippen MR) is 124 cm³/mol. The summed E-state index contributed by atoms with van der Waals surface area (Å²) in [7, 11) is 0. The lowest BCUT2D eigenvalue weighted by Gasteiger charge is -2.16. The molecule has 0 aliphatic heterocycles. The first kappa shape index (κ1) is 23.9. The summed E-state index contributed by atoms with van der Waals surface area (Å²) in [6.45, 7) is 6.16. The Bertz CT molecular complexity index is 638. The number of ether oxygens (including phenoxy) is 1. The van der Waals surface area contributed by atoms with Gasteiger partial charge in [-0.05, 0) is 37.3 Å². The normalized spacial score (nSPS) is 13.5. The van der Waals surface area contributed by atoms with Crippen molar-refractivity contribution < 1.29 is 9.84 Å². The van der Waals surface area contributed by atoms with E-state index in [0.717, 1.165) is 31.0 Å². The lowest BCUT2D eigenvalue weighted by Crippen LogP contribution is -2.39. The number of aliphatic imine (C=N–C) groups is 1. The molecule has 7 heteroatoms. The van der Waals surface area contributed by atoms with Gasteiger partial charge in [-0.3, -0.25) is 4.99 Å². The van der Waals surface area contributed by atoms with Crippen molar-refractivity contribution in [3.05, 3.63) is 58.3 Å². The van der Waals surface area contributed by atoms with Gasteiger partial charge in [-0.1, -0.05) is 36.4 Å². The molecule has 1 heterocycles. The highest BCUT2D eigenvalue weighted by atomic mass is 127. The van der Waals surface area contributed by atoms with Crippen LogP contribution < -0.4 is 10.6 Å². The molecular weight excluding hydrogens is 473 g/mol. The lowest BCUT2D eigenvalue weighted by molar-refractivity contribution is 0.00112. The zero-order valence-corrected chi connectivity index (χ0v) is 19.1. The van der Waals surface area contributed by atoms with Crippen molar-refractivity contribution in [3.8, 4) is 0 Å². The van der Waals surface area contributed by atoms with Crippen LogP contribution in [-0.2, 0) is 11.2 Å². The summed E-state index contributed by atoms with van der Waals surface area (Å²) < 4.78 is 5.75. The molecule has 27 heavy (non-hydrogen) atoms. The average Bonchev–Trinajstić information content (AvgIpc) is 3.18. The molecule has 0 aliphatic carbocycles. The van der Waals surface area contributed by atoms with Crippen molar-refractivity contribution in [1.29, 1.82) is 0 Å². The first-order chi connectivity index (χ1) is 12.7. The lowest BCUT2D eigenvalue weighted by atomic mass is 10.1. The van der Waals surface area contributed by atoms with Crippen LogP contribution in [-0.4, -0.2) is 43.4 Å².